The zero-order valence-corrected chi connectivity index (χ0v) is 12.3. The molecule has 6 heteroatoms. The Labute approximate surface area is 129 Å². The molecule has 2 aromatic rings. The molecule has 1 aliphatic rings. The molecule has 0 bridgehead atoms. The summed E-state index contributed by atoms with van der Waals surface area (Å²) in [6.07, 6.45) is 4.88. The third-order valence-electron chi connectivity index (χ3n) is 3.63. The van der Waals surface area contributed by atoms with E-state index in [1.807, 2.05) is 24.3 Å². The van der Waals surface area contributed by atoms with Crippen molar-refractivity contribution in [2.75, 3.05) is 18.4 Å². The molecule has 1 saturated heterocycles. The highest BCUT2D eigenvalue weighted by Crippen LogP contribution is 2.15. The van der Waals surface area contributed by atoms with Crippen LogP contribution in [0.1, 0.15) is 24.2 Å². The molecule has 1 fully saturated rings. The Morgan fingerprint density at radius 1 is 1.27 bits per heavy atom. The van der Waals surface area contributed by atoms with Crippen LogP contribution >= 0.6 is 0 Å². The molecule has 1 amide bonds. The van der Waals surface area contributed by atoms with Gasteiger partial charge in [0.25, 0.3) is 0 Å². The van der Waals surface area contributed by atoms with E-state index in [0.717, 1.165) is 6.54 Å². The van der Waals surface area contributed by atoms with Crippen molar-refractivity contribution in [3.63, 3.8) is 0 Å². The normalized spacial score (nSPS) is 14.9. The molecule has 3 rings (SSSR count). The average Bonchev–Trinajstić information content (AvgIpc) is 3.20. The second kappa shape index (κ2) is 7.09. The zero-order chi connectivity index (χ0) is 15.2. The summed E-state index contributed by atoms with van der Waals surface area (Å²) in [5, 5.41) is 2.69. The van der Waals surface area contributed by atoms with Crippen LogP contribution in [0.5, 0.6) is 0 Å². The molecule has 0 unspecified atom stereocenters. The molecular formula is C16H19N3O3. The second-order valence-electron chi connectivity index (χ2n) is 5.35. The Bertz CT molecular complexity index is 590. The van der Waals surface area contributed by atoms with E-state index in [1.54, 1.807) is 0 Å². The molecule has 0 atom stereocenters. The first-order valence-electron chi connectivity index (χ1n) is 7.42. The quantitative estimate of drug-likeness (QED) is 0.919. The van der Waals surface area contributed by atoms with Gasteiger partial charge in [-0.1, -0.05) is 12.1 Å². The first-order valence-corrected chi connectivity index (χ1v) is 7.42. The lowest BCUT2D eigenvalue weighted by molar-refractivity contribution is 0.146. The maximum absolute atomic E-state index is 11.7. The minimum atomic E-state index is -0.510. The third kappa shape index (κ3) is 4.08. The number of carbonyl (C=O) groups excluding carboxylic acids is 1. The molecule has 1 aromatic carbocycles. The molecule has 116 valence electrons. The number of rotatable bonds is 5. The number of carbonyl (C=O) groups is 1. The molecule has 0 aliphatic carbocycles. The number of nitrogens with one attached hydrogen (secondary N) is 1. The SMILES string of the molecule is O=C(Nc1ccc(CN2CCCC2)cc1)OCc1cnco1. The van der Waals surface area contributed by atoms with Gasteiger partial charge in [-0.05, 0) is 43.6 Å². The maximum Gasteiger partial charge on any atom is 0.412 e. The molecule has 2 heterocycles. The summed E-state index contributed by atoms with van der Waals surface area (Å²) in [4.78, 5) is 17.9. The molecule has 0 radical (unpaired) electrons. The summed E-state index contributed by atoms with van der Waals surface area (Å²) >= 11 is 0. The second-order valence-corrected chi connectivity index (χ2v) is 5.35. The van der Waals surface area contributed by atoms with Gasteiger partial charge in [-0.2, -0.15) is 0 Å². The van der Waals surface area contributed by atoms with Gasteiger partial charge in [-0.3, -0.25) is 10.2 Å². The van der Waals surface area contributed by atoms with E-state index in [4.69, 9.17) is 9.15 Å². The van der Waals surface area contributed by atoms with Crippen LogP contribution in [0, 0.1) is 0 Å². The van der Waals surface area contributed by atoms with Crippen molar-refractivity contribution in [2.24, 2.45) is 0 Å². The van der Waals surface area contributed by atoms with Crippen LogP contribution in [-0.2, 0) is 17.9 Å². The fourth-order valence-corrected chi connectivity index (χ4v) is 2.50. The van der Waals surface area contributed by atoms with Crippen molar-refractivity contribution < 1.29 is 13.9 Å². The van der Waals surface area contributed by atoms with Gasteiger partial charge in [0.2, 0.25) is 0 Å². The third-order valence-corrected chi connectivity index (χ3v) is 3.63. The minimum Gasteiger partial charge on any atom is -0.445 e. The van der Waals surface area contributed by atoms with Crippen LogP contribution < -0.4 is 5.32 Å². The van der Waals surface area contributed by atoms with Gasteiger partial charge >= 0.3 is 6.09 Å². The number of hydrogen-bond donors (Lipinski definition) is 1. The number of benzene rings is 1. The summed E-state index contributed by atoms with van der Waals surface area (Å²) in [6, 6.07) is 7.84. The Morgan fingerprint density at radius 3 is 2.73 bits per heavy atom. The summed E-state index contributed by atoms with van der Waals surface area (Å²) in [5.74, 6) is 0.510. The molecule has 0 spiro atoms. The van der Waals surface area contributed by atoms with Crippen molar-refractivity contribution in [3.05, 3.63) is 48.2 Å². The summed E-state index contributed by atoms with van der Waals surface area (Å²) in [7, 11) is 0. The lowest BCUT2D eigenvalue weighted by Gasteiger charge is -2.14. The van der Waals surface area contributed by atoms with Crippen molar-refractivity contribution >= 4 is 11.8 Å². The average molecular weight is 301 g/mol. The number of oxazole rings is 1. The largest absolute Gasteiger partial charge is 0.445 e. The smallest absolute Gasteiger partial charge is 0.412 e. The van der Waals surface area contributed by atoms with Crippen molar-refractivity contribution in [1.82, 2.24) is 9.88 Å². The van der Waals surface area contributed by atoms with Gasteiger partial charge in [0.1, 0.15) is 0 Å². The van der Waals surface area contributed by atoms with Crippen LogP contribution in [0.4, 0.5) is 10.5 Å². The van der Waals surface area contributed by atoms with E-state index in [1.165, 1.54) is 44.1 Å². The van der Waals surface area contributed by atoms with E-state index in [9.17, 15) is 4.79 Å². The minimum absolute atomic E-state index is 0.0683. The lowest BCUT2D eigenvalue weighted by atomic mass is 10.2. The maximum atomic E-state index is 11.7. The van der Waals surface area contributed by atoms with E-state index in [0.29, 0.717) is 11.4 Å². The fourth-order valence-electron chi connectivity index (χ4n) is 2.50. The summed E-state index contributed by atoms with van der Waals surface area (Å²) < 4.78 is 10.0. The number of likely N-dealkylation sites (tertiary alicyclic amines) is 1. The van der Waals surface area contributed by atoms with Crippen molar-refractivity contribution in [2.45, 2.75) is 26.0 Å². The zero-order valence-electron chi connectivity index (χ0n) is 12.3. The van der Waals surface area contributed by atoms with Crippen LogP contribution in [0.25, 0.3) is 0 Å². The predicted molar refractivity (Wildman–Crippen MR) is 81.3 cm³/mol. The summed E-state index contributed by atoms with van der Waals surface area (Å²) in [5.41, 5.74) is 1.97. The highest BCUT2D eigenvalue weighted by Gasteiger charge is 2.11. The first-order chi connectivity index (χ1) is 10.8. The summed E-state index contributed by atoms with van der Waals surface area (Å²) in [6.45, 7) is 3.39. The Morgan fingerprint density at radius 2 is 2.05 bits per heavy atom. The molecule has 1 N–H and O–H groups in total. The lowest BCUT2D eigenvalue weighted by Crippen LogP contribution is -2.18. The van der Waals surface area contributed by atoms with Gasteiger partial charge in [0.05, 0.1) is 6.20 Å². The number of hydrogen-bond acceptors (Lipinski definition) is 5. The molecule has 1 aromatic heterocycles. The van der Waals surface area contributed by atoms with Crippen LogP contribution in [0.15, 0.2) is 41.3 Å². The molecule has 0 saturated carbocycles. The predicted octanol–water partition coefficient (Wildman–Crippen LogP) is 3.02. The molecular weight excluding hydrogens is 282 g/mol. The van der Waals surface area contributed by atoms with Gasteiger partial charge in [0.15, 0.2) is 18.8 Å². The van der Waals surface area contributed by atoms with Crippen LogP contribution in [-0.4, -0.2) is 29.1 Å². The van der Waals surface area contributed by atoms with Crippen LogP contribution in [0.3, 0.4) is 0 Å². The molecule has 1 aliphatic heterocycles. The van der Waals surface area contributed by atoms with E-state index in [-0.39, 0.29) is 6.61 Å². The topological polar surface area (TPSA) is 67.6 Å². The number of anilines is 1. The number of aromatic nitrogens is 1. The molecule has 6 nitrogen and oxygen atoms in total. The fraction of sp³-hybridized carbons (Fsp3) is 0.375. The van der Waals surface area contributed by atoms with Gasteiger partial charge < -0.3 is 9.15 Å². The van der Waals surface area contributed by atoms with Crippen molar-refractivity contribution in [3.8, 4) is 0 Å². The monoisotopic (exact) mass is 301 g/mol. The van der Waals surface area contributed by atoms with Gasteiger partial charge in [0, 0.05) is 12.2 Å². The van der Waals surface area contributed by atoms with Crippen molar-refractivity contribution in [1.29, 1.82) is 0 Å². The number of ether oxygens (including phenoxy) is 1. The first kappa shape index (κ1) is 14.6. The molecule has 22 heavy (non-hydrogen) atoms. The Balaban J connectivity index is 1.46. The number of amides is 1. The Kier molecular flexibility index (Phi) is 4.70. The highest BCUT2D eigenvalue weighted by molar-refractivity contribution is 5.84. The van der Waals surface area contributed by atoms with Gasteiger partial charge in [-0.25, -0.2) is 9.78 Å². The van der Waals surface area contributed by atoms with E-state index in [2.05, 4.69) is 15.2 Å². The highest BCUT2D eigenvalue weighted by atomic mass is 16.6. The Hall–Kier alpha value is -2.34. The van der Waals surface area contributed by atoms with Crippen LogP contribution in [0.2, 0.25) is 0 Å². The number of nitrogens with zero attached hydrogens (tertiary/aromatic N) is 2. The standard InChI is InChI=1S/C16H19N3O3/c20-16(21-11-15-9-17-12-22-15)18-14-5-3-13(4-6-14)10-19-7-1-2-8-19/h3-6,9,12H,1-2,7-8,10-11H2,(H,18,20). The van der Waals surface area contributed by atoms with E-state index >= 15 is 0 Å². The van der Waals surface area contributed by atoms with Gasteiger partial charge in [-0.15, -0.1) is 0 Å². The van der Waals surface area contributed by atoms with E-state index < -0.39 is 6.09 Å².